The lowest BCUT2D eigenvalue weighted by atomic mass is 10.0. The van der Waals surface area contributed by atoms with E-state index in [1.807, 2.05) is 0 Å². The summed E-state index contributed by atoms with van der Waals surface area (Å²) in [5, 5.41) is 5.36. The van der Waals surface area contributed by atoms with Crippen molar-refractivity contribution in [2.45, 2.75) is 63.1 Å². The third-order valence-electron chi connectivity index (χ3n) is 6.97. The summed E-state index contributed by atoms with van der Waals surface area (Å²) in [5.74, 6) is -3.02. The Hall–Kier alpha value is -2.81. The standard InChI is InChI=1S/C22H25FN4O4/c23-15-6-5-14-18(19(15)24-12-9-10-26(11-12)13-3-1-2-4-13)22(31)27(21(14)30)16-7-8-17(28)25-20(16)29/h5-6,12-13,16,24H,1-4,7-11H2,(H,25,28,29). The molecule has 9 heteroatoms. The number of imide groups is 2. The van der Waals surface area contributed by atoms with E-state index in [0.717, 1.165) is 24.4 Å². The Balaban J connectivity index is 1.39. The van der Waals surface area contributed by atoms with Crippen molar-refractivity contribution >= 4 is 29.3 Å². The van der Waals surface area contributed by atoms with Crippen LogP contribution in [0.3, 0.4) is 0 Å². The van der Waals surface area contributed by atoms with E-state index in [1.54, 1.807) is 0 Å². The Bertz CT molecular complexity index is 975. The van der Waals surface area contributed by atoms with Gasteiger partial charge in [-0.2, -0.15) is 0 Å². The minimum absolute atomic E-state index is 0.0193. The SMILES string of the molecule is O=C1CCC(N2C(=O)c3ccc(F)c(NC4CCN(C5CCCC5)C4)c3C2=O)C(=O)N1. The van der Waals surface area contributed by atoms with Gasteiger partial charge in [-0.05, 0) is 37.8 Å². The van der Waals surface area contributed by atoms with Crippen LogP contribution in [-0.2, 0) is 9.59 Å². The molecule has 3 heterocycles. The molecule has 4 aliphatic rings. The molecule has 2 atom stereocenters. The van der Waals surface area contributed by atoms with E-state index in [-0.39, 0.29) is 35.7 Å². The molecule has 3 aliphatic heterocycles. The highest BCUT2D eigenvalue weighted by Gasteiger charge is 2.46. The summed E-state index contributed by atoms with van der Waals surface area (Å²) >= 11 is 0. The third kappa shape index (κ3) is 3.40. The summed E-state index contributed by atoms with van der Waals surface area (Å²) in [6, 6.07) is 1.97. The molecule has 2 saturated heterocycles. The first kappa shape index (κ1) is 20.1. The second kappa shape index (κ2) is 7.71. The van der Waals surface area contributed by atoms with Gasteiger partial charge in [0.2, 0.25) is 11.8 Å². The van der Waals surface area contributed by atoms with Crippen LogP contribution in [0.2, 0.25) is 0 Å². The summed E-state index contributed by atoms with van der Waals surface area (Å²) < 4.78 is 14.8. The normalized spacial score (nSPS) is 27.2. The van der Waals surface area contributed by atoms with E-state index in [1.165, 1.54) is 37.8 Å². The molecule has 5 rings (SSSR count). The van der Waals surface area contributed by atoms with Crippen molar-refractivity contribution in [1.82, 2.24) is 15.1 Å². The molecule has 0 bridgehead atoms. The first-order valence-electron chi connectivity index (χ1n) is 11.0. The average Bonchev–Trinajstić information content (AvgIpc) is 3.46. The Morgan fingerprint density at radius 2 is 1.77 bits per heavy atom. The molecule has 2 unspecified atom stereocenters. The van der Waals surface area contributed by atoms with Gasteiger partial charge in [-0.3, -0.25) is 34.3 Å². The van der Waals surface area contributed by atoms with Gasteiger partial charge < -0.3 is 5.32 Å². The highest BCUT2D eigenvalue weighted by atomic mass is 19.1. The van der Waals surface area contributed by atoms with Gasteiger partial charge in [0.15, 0.2) is 0 Å². The van der Waals surface area contributed by atoms with Gasteiger partial charge in [-0.15, -0.1) is 0 Å². The highest BCUT2D eigenvalue weighted by Crippen LogP contribution is 2.35. The van der Waals surface area contributed by atoms with Gasteiger partial charge >= 0.3 is 0 Å². The number of carbonyl (C=O) groups is 4. The van der Waals surface area contributed by atoms with Crippen LogP contribution in [0, 0.1) is 5.82 Å². The van der Waals surface area contributed by atoms with Crippen molar-refractivity contribution in [2.24, 2.45) is 0 Å². The van der Waals surface area contributed by atoms with Crippen molar-refractivity contribution in [1.29, 1.82) is 0 Å². The Labute approximate surface area is 179 Å². The molecule has 0 spiro atoms. The summed E-state index contributed by atoms with van der Waals surface area (Å²) in [7, 11) is 0. The van der Waals surface area contributed by atoms with Crippen LogP contribution >= 0.6 is 0 Å². The summed E-state index contributed by atoms with van der Waals surface area (Å²) in [6.45, 7) is 1.70. The molecule has 3 fully saturated rings. The van der Waals surface area contributed by atoms with Gasteiger partial charge in [0.05, 0.1) is 16.8 Å². The van der Waals surface area contributed by atoms with Crippen molar-refractivity contribution in [3.63, 3.8) is 0 Å². The number of nitrogens with one attached hydrogen (secondary N) is 2. The molecule has 0 aromatic heterocycles. The summed E-state index contributed by atoms with van der Waals surface area (Å²) in [5.41, 5.74) is 0.0992. The number of fused-ring (bicyclic) bond motifs is 1. The van der Waals surface area contributed by atoms with Crippen LogP contribution in [0.4, 0.5) is 10.1 Å². The number of amides is 4. The Morgan fingerprint density at radius 1 is 1.00 bits per heavy atom. The number of hydrogen-bond acceptors (Lipinski definition) is 6. The maximum Gasteiger partial charge on any atom is 0.264 e. The maximum atomic E-state index is 14.8. The lowest BCUT2D eigenvalue weighted by Crippen LogP contribution is -2.54. The zero-order chi connectivity index (χ0) is 21.7. The topological polar surface area (TPSA) is 98.8 Å². The molecule has 2 N–H and O–H groups in total. The zero-order valence-corrected chi connectivity index (χ0v) is 17.2. The molecule has 1 aromatic carbocycles. The quantitative estimate of drug-likeness (QED) is 0.708. The largest absolute Gasteiger partial charge is 0.378 e. The Kier molecular flexibility index (Phi) is 5.00. The molecular formula is C22H25FN4O4. The minimum atomic E-state index is -1.06. The number of halogens is 1. The molecule has 31 heavy (non-hydrogen) atoms. The Morgan fingerprint density at radius 3 is 2.52 bits per heavy atom. The maximum absolute atomic E-state index is 14.8. The second-order valence-corrected chi connectivity index (χ2v) is 8.86. The molecule has 1 saturated carbocycles. The van der Waals surface area contributed by atoms with Crippen molar-refractivity contribution < 1.29 is 23.6 Å². The average molecular weight is 428 g/mol. The van der Waals surface area contributed by atoms with E-state index in [9.17, 15) is 23.6 Å². The van der Waals surface area contributed by atoms with Crippen LogP contribution in [0.15, 0.2) is 12.1 Å². The fourth-order valence-corrected chi connectivity index (χ4v) is 5.38. The van der Waals surface area contributed by atoms with Crippen LogP contribution in [0.25, 0.3) is 0 Å². The van der Waals surface area contributed by atoms with Crippen molar-refractivity contribution in [2.75, 3.05) is 18.4 Å². The van der Waals surface area contributed by atoms with Gasteiger partial charge in [0, 0.05) is 31.6 Å². The molecule has 8 nitrogen and oxygen atoms in total. The zero-order valence-electron chi connectivity index (χ0n) is 17.2. The lowest BCUT2D eigenvalue weighted by molar-refractivity contribution is -0.136. The first-order chi connectivity index (χ1) is 14.9. The molecule has 4 amide bonds. The smallest absolute Gasteiger partial charge is 0.264 e. The van der Waals surface area contributed by atoms with E-state index in [2.05, 4.69) is 15.5 Å². The van der Waals surface area contributed by atoms with Crippen LogP contribution < -0.4 is 10.6 Å². The summed E-state index contributed by atoms with van der Waals surface area (Å²) in [4.78, 5) is 53.1. The number of anilines is 1. The van der Waals surface area contributed by atoms with Crippen LogP contribution in [0.5, 0.6) is 0 Å². The number of nitrogens with zero attached hydrogens (tertiary/aromatic N) is 2. The third-order valence-corrected chi connectivity index (χ3v) is 6.97. The fraction of sp³-hybridized carbons (Fsp3) is 0.545. The van der Waals surface area contributed by atoms with Gasteiger partial charge in [0.25, 0.3) is 11.8 Å². The van der Waals surface area contributed by atoms with Crippen molar-refractivity contribution in [3.8, 4) is 0 Å². The second-order valence-electron chi connectivity index (χ2n) is 8.86. The predicted molar refractivity (Wildman–Crippen MR) is 109 cm³/mol. The van der Waals surface area contributed by atoms with Crippen LogP contribution in [0.1, 0.15) is 65.7 Å². The minimum Gasteiger partial charge on any atom is -0.378 e. The number of carbonyl (C=O) groups excluding carboxylic acids is 4. The van der Waals surface area contributed by atoms with Gasteiger partial charge in [0.1, 0.15) is 11.9 Å². The van der Waals surface area contributed by atoms with Crippen molar-refractivity contribution in [3.05, 3.63) is 29.1 Å². The number of likely N-dealkylation sites (tertiary alicyclic amines) is 1. The number of hydrogen-bond donors (Lipinski definition) is 2. The molecule has 1 aliphatic carbocycles. The molecular weight excluding hydrogens is 403 g/mol. The van der Waals surface area contributed by atoms with E-state index >= 15 is 0 Å². The van der Waals surface area contributed by atoms with Gasteiger partial charge in [-0.25, -0.2) is 4.39 Å². The van der Waals surface area contributed by atoms with E-state index < -0.39 is 35.5 Å². The van der Waals surface area contributed by atoms with E-state index in [0.29, 0.717) is 6.04 Å². The van der Waals surface area contributed by atoms with E-state index in [4.69, 9.17) is 0 Å². The fourth-order valence-electron chi connectivity index (χ4n) is 5.38. The number of benzene rings is 1. The summed E-state index contributed by atoms with van der Waals surface area (Å²) in [6.07, 6.45) is 5.81. The number of piperidine rings is 1. The first-order valence-corrected chi connectivity index (χ1v) is 11.0. The molecule has 1 aromatic rings. The van der Waals surface area contributed by atoms with Crippen LogP contribution in [-0.4, -0.2) is 64.6 Å². The monoisotopic (exact) mass is 428 g/mol. The molecule has 164 valence electrons. The lowest BCUT2D eigenvalue weighted by Gasteiger charge is -2.28. The number of rotatable bonds is 4. The highest BCUT2D eigenvalue weighted by molar-refractivity contribution is 6.25. The van der Waals surface area contributed by atoms with Gasteiger partial charge in [-0.1, -0.05) is 12.8 Å². The predicted octanol–water partition coefficient (Wildman–Crippen LogP) is 1.66. The molecule has 0 radical (unpaired) electrons.